The molecule has 3 aromatic rings. The predicted octanol–water partition coefficient (Wildman–Crippen LogP) is 2.76. The van der Waals surface area contributed by atoms with Gasteiger partial charge in [0.25, 0.3) is 0 Å². The number of halogens is 1. The minimum atomic E-state index is -0.339. The molecule has 2 aromatic heterocycles. The summed E-state index contributed by atoms with van der Waals surface area (Å²) in [5.41, 5.74) is 1.89. The number of benzene rings is 1. The van der Waals surface area contributed by atoms with Gasteiger partial charge in [-0.15, -0.1) is 5.10 Å². The lowest BCUT2D eigenvalue weighted by molar-refractivity contribution is -0.119. The number of aryl methyl sites for hydroxylation is 1. The molecular formula is C17H15FN4O. The van der Waals surface area contributed by atoms with Crippen LogP contribution in [-0.4, -0.2) is 25.4 Å². The fourth-order valence-corrected chi connectivity index (χ4v) is 2.68. The molecule has 23 heavy (non-hydrogen) atoms. The van der Waals surface area contributed by atoms with Gasteiger partial charge in [0, 0.05) is 24.0 Å². The van der Waals surface area contributed by atoms with Crippen LogP contribution in [0.5, 0.6) is 0 Å². The minimum Gasteiger partial charge on any atom is -0.299 e. The van der Waals surface area contributed by atoms with Gasteiger partial charge in [-0.3, -0.25) is 4.79 Å². The molecule has 0 bridgehead atoms. The second-order valence-corrected chi connectivity index (χ2v) is 5.93. The Bertz CT molecular complexity index is 914. The van der Waals surface area contributed by atoms with Gasteiger partial charge in [0.1, 0.15) is 17.4 Å². The summed E-state index contributed by atoms with van der Waals surface area (Å²) in [6, 6.07) is 7.97. The van der Waals surface area contributed by atoms with Crippen molar-refractivity contribution in [1.82, 2.24) is 19.6 Å². The minimum absolute atomic E-state index is 0.185. The molecule has 116 valence electrons. The van der Waals surface area contributed by atoms with Crippen LogP contribution in [0, 0.1) is 18.7 Å². The molecule has 0 N–H and O–H groups in total. The van der Waals surface area contributed by atoms with E-state index in [0.717, 1.165) is 12.8 Å². The second kappa shape index (κ2) is 5.22. The molecule has 0 atom stereocenters. The molecule has 0 radical (unpaired) electrons. The summed E-state index contributed by atoms with van der Waals surface area (Å²) < 4.78 is 15.1. The number of hydrogen-bond acceptors (Lipinski definition) is 4. The number of ketones is 1. The van der Waals surface area contributed by atoms with E-state index in [1.165, 1.54) is 12.1 Å². The lowest BCUT2D eigenvalue weighted by Gasteiger charge is -2.07. The molecule has 0 amide bonds. The van der Waals surface area contributed by atoms with Crippen molar-refractivity contribution in [3.63, 3.8) is 0 Å². The normalized spacial score (nSPS) is 14.3. The van der Waals surface area contributed by atoms with Gasteiger partial charge in [-0.05, 0) is 31.9 Å². The maximum absolute atomic E-state index is 13.6. The van der Waals surface area contributed by atoms with Gasteiger partial charge in [-0.1, -0.05) is 12.1 Å². The second-order valence-electron chi connectivity index (χ2n) is 5.93. The van der Waals surface area contributed by atoms with Crippen molar-refractivity contribution in [1.29, 1.82) is 0 Å². The third kappa shape index (κ3) is 2.72. The first-order valence-corrected chi connectivity index (χ1v) is 7.62. The first-order valence-electron chi connectivity index (χ1n) is 7.62. The fourth-order valence-electron chi connectivity index (χ4n) is 2.68. The van der Waals surface area contributed by atoms with Crippen molar-refractivity contribution < 1.29 is 9.18 Å². The summed E-state index contributed by atoms with van der Waals surface area (Å²) in [5, 5.41) is 4.32. The van der Waals surface area contributed by atoms with E-state index in [1.807, 2.05) is 0 Å². The van der Waals surface area contributed by atoms with Crippen LogP contribution < -0.4 is 0 Å². The number of carbonyl (C=O) groups excluding carboxylic acids is 1. The van der Waals surface area contributed by atoms with E-state index in [4.69, 9.17) is 0 Å². The molecule has 5 nitrogen and oxygen atoms in total. The summed E-state index contributed by atoms with van der Waals surface area (Å²) in [6.45, 7) is 1.79. The summed E-state index contributed by atoms with van der Waals surface area (Å²) in [6.07, 6.45) is 2.24. The largest absolute Gasteiger partial charge is 0.299 e. The molecule has 0 spiro atoms. The number of rotatable bonds is 4. The number of aromatic nitrogens is 4. The first-order chi connectivity index (χ1) is 11.1. The SMILES string of the molecule is Cc1nc2cc(CC(=O)C3CC3)nc(-c3cccc(F)c3)n2n1. The van der Waals surface area contributed by atoms with Gasteiger partial charge in [-0.25, -0.2) is 14.4 Å². The Morgan fingerprint density at radius 2 is 2.13 bits per heavy atom. The van der Waals surface area contributed by atoms with Gasteiger partial charge < -0.3 is 0 Å². The van der Waals surface area contributed by atoms with Gasteiger partial charge >= 0.3 is 0 Å². The average molecular weight is 310 g/mol. The van der Waals surface area contributed by atoms with Gasteiger partial charge in [0.15, 0.2) is 11.5 Å². The third-order valence-electron chi connectivity index (χ3n) is 3.95. The van der Waals surface area contributed by atoms with E-state index in [1.54, 1.807) is 29.6 Å². The van der Waals surface area contributed by atoms with E-state index in [2.05, 4.69) is 15.1 Å². The summed E-state index contributed by atoms with van der Waals surface area (Å²) in [4.78, 5) is 21.0. The molecule has 1 aromatic carbocycles. The van der Waals surface area contributed by atoms with E-state index < -0.39 is 0 Å². The molecular weight excluding hydrogens is 295 g/mol. The molecule has 1 aliphatic carbocycles. The van der Waals surface area contributed by atoms with Crippen LogP contribution in [0.4, 0.5) is 4.39 Å². The van der Waals surface area contributed by atoms with Gasteiger partial charge in [-0.2, -0.15) is 4.52 Å². The molecule has 4 rings (SSSR count). The highest BCUT2D eigenvalue weighted by molar-refractivity contribution is 5.85. The van der Waals surface area contributed by atoms with Crippen LogP contribution in [0.3, 0.4) is 0 Å². The van der Waals surface area contributed by atoms with Crippen LogP contribution in [0.25, 0.3) is 17.0 Å². The smallest absolute Gasteiger partial charge is 0.163 e. The Hall–Kier alpha value is -2.63. The van der Waals surface area contributed by atoms with E-state index >= 15 is 0 Å². The van der Waals surface area contributed by atoms with Crippen molar-refractivity contribution in [3.05, 3.63) is 47.7 Å². The summed E-state index contributed by atoms with van der Waals surface area (Å²) >= 11 is 0. The quantitative estimate of drug-likeness (QED) is 0.743. The maximum Gasteiger partial charge on any atom is 0.163 e. The zero-order chi connectivity index (χ0) is 16.0. The molecule has 0 saturated heterocycles. The average Bonchev–Trinajstić information content (AvgIpc) is 3.29. The standard InChI is InChI=1S/C17H15FN4O/c1-10-19-16-9-14(8-15(23)11-5-6-11)20-17(22(16)21-10)12-3-2-4-13(18)7-12/h2-4,7,9,11H,5-6,8H2,1H3. The zero-order valence-corrected chi connectivity index (χ0v) is 12.7. The Morgan fingerprint density at radius 3 is 2.87 bits per heavy atom. The Kier molecular flexibility index (Phi) is 3.18. The van der Waals surface area contributed by atoms with Crippen molar-refractivity contribution in [2.24, 2.45) is 5.92 Å². The van der Waals surface area contributed by atoms with Crippen molar-refractivity contribution in [2.45, 2.75) is 26.2 Å². The Morgan fingerprint density at radius 1 is 1.30 bits per heavy atom. The van der Waals surface area contributed by atoms with Crippen LogP contribution in [0.1, 0.15) is 24.4 Å². The first kappa shape index (κ1) is 14.0. The van der Waals surface area contributed by atoms with E-state index in [9.17, 15) is 9.18 Å². The van der Waals surface area contributed by atoms with Crippen LogP contribution in [0.15, 0.2) is 30.3 Å². The van der Waals surface area contributed by atoms with Gasteiger partial charge in [0.05, 0.1) is 5.69 Å². The number of hydrogen-bond donors (Lipinski definition) is 0. The van der Waals surface area contributed by atoms with Crippen LogP contribution in [-0.2, 0) is 11.2 Å². The lowest BCUT2D eigenvalue weighted by atomic mass is 10.1. The molecule has 0 unspecified atom stereocenters. The van der Waals surface area contributed by atoms with Gasteiger partial charge in [0.2, 0.25) is 0 Å². The van der Waals surface area contributed by atoms with Crippen LogP contribution in [0.2, 0.25) is 0 Å². The fraction of sp³-hybridized carbons (Fsp3) is 0.294. The van der Waals surface area contributed by atoms with Crippen molar-refractivity contribution in [3.8, 4) is 11.4 Å². The highest BCUT2D eigenvalue weighted by atomic mass is 19.1. The molecule has 1 aliphatic rings. The van der Waals surface area contributed by atoms with Crippen molar-refractivity contribution in [2.75, 3.05) is 0 Å². The molecule has 2 heterocycles. The van der Waals surface area contributed by atoms with Crippen LogP contribution >= 0.6 is 0 Å². The van der Waals surface area contributed by atoms with E-state index in [-0.39, 0.29) is 23.9 Å². The number of fused-ring (bicyclic) bond motifs is 1. The van der Waals surface area contributed by atoms with E-state index in [0.29, 0.717) is 28.6 Å². The highest BCUT2D eigenvalue weighted by Gasteiger charge is 2.29. The highest BCUT2D eigenvalue weighted by Crippen LogP contribution is 2.31. The Balaban J connectivity index is 1.84. The molecule has 1 fully saturated rings. The summed E-state index contributed by atoms with van der Waals surface area (Å²) in [5.74, 6) is 1.17. The Labute approximate surface area is 132 Å². The molecule has 6 heteroatoms. The molecule has 0 aliphatic heterocycles. The predicted molar refractivity (Wildman–Crippen MR) is 82.3 cm³/mol. The monoisotopic (exact) mass is 310 g/mol. The maximum atomic E-state index is 13.6. The number of nitrogens with zero attached hydrogens (tertiary/aromatic N) is 4. The van der Waals surface area contributed by atoms with Crippen molar-refractivity contribution >= 4 is 11.4 Å². The topological polar surface area (TPSA) is 60.2 Å². The number of carbonyl (C=O) groups is 1. The number of Topliss-reactive ketones (excluding diaryl/α,β-unsaturated/α-hetero) is 1. The summed E-state index contributed by atoms with van der Waals surface area (Å²) in [7, 11) is 0. The zero-order valence-electron chi connectivity index (χ0n) is 12.7. The molecule has 1 saturated carbocycles. The third-order valence-corrected chi connectivity index (χ3v) is 3.95. The lowest BCUT2D eigenvalue weighted by Crippen LogP contribution is -2.09.